The minimum Gasteiger partial charge on any atom is -0.465 e. The SMILES string of the molecule is Cc1nc2ccc(Oc3ccc(CN(C(=O)O)C4CCC(C)(C)CC4)cc3)cc2[nH]1. The van der Waals surface area contributed by atoms with Crippen LogP contribution in [0.3, 0.4) is 0 Å². The maximum Gasteiger partial charge on any atom is 0.407 e. The Bertz CT molecular complexity index is 1030. The average molecular weight is 408 g/mol. The summed E-state index contributed by atoms with van der Waals surface area (Å²) in [5, 5.41) is 9.75. The molecule has 30 heavy (non-hydrogen) atoms. The molecule has 6 nitrogen and oxygen atoms in total. The number of aromatic amines is 1. The molecule has 1 aliphatic rings. The summed E-state index contributed by atoms with van der Waals surface area (Å²) in [7, 11) is 0. The van der Waals surface area contributed by atoms with Crippen LogP contribution in [0.25, 0.3) is 11.0 Å². The van der Waals surface area contributed by atoms with Gasteiger partial charge in [-0.1, -0.05) is 26.0 Å². The number of ether oxygens (including phenoxy) is 1. The van der Waals surface area contributed by atoms with Gasteiger partial charge in [0, 0.05) is 18.7 Å². The van der Waals surface area contributed by atoms with Crippen LogP contribution in [0.15, 0.2) is 42.5 Å². The molecule has 3 aromatic rings. The lowest BCUT2D eigenvalue weighted by Crippen LogP contribution is -2.42. The maximum absolute atomic E-state index is 11.9. The van der Waals surface area contributed by atoms with E-state index in [1.54, 1.807) is 4.90 Å². The molecule has 2 N–H and O–H groups in total. The number of fused-ring (bicyclic) bond motifs is 1. The van der Waals surface area contributed by atoms with E-state index in [-0.39, 0.29) is 6.04 Å². The van der Waals surface area contributed by atoms with Crippen molar-refractivity contribution in [3.63, 3.8) is 0 Å². The molecule has 1 fully saturated rings. The van der Waals surface area contributed by atoms with Gasteiger partial charge in [0.15, 0.2) is 0 Å². The lowest BCUT2D eigenvalue weighted by atomic mass is 9.75. The molecule has 0 unspecified atom stereocenters. The van der Waals surface area contributed by atoms with Crippen LogP contribution in [0.4, 0.5) is 4.79 Å². The molecule has 0 bridgehead atoms. The number of aryl methyl sites for hydroxylation is 1. The summed E-state index contributed by atoms with van der Waals surface area (Å²) < 4.78 is 5.96. The second kappa shape index (κ2) is 8.01. The van der Waals surface area contributed by atoms with Crippen molar-refractivity contribution in [1.29, 1.82) is 0 Å². The van der Waals surface area contributed by atoms with Gasteiger partial charge < -0.3 is 19.7 Å². The molecule has 2 aromatic carbocycles. The van der Waals surface area contributed by atoms with Crippen LogP contribution in [0, 0.1) is 12.3 Å². The van der Waals surface area contributed by atoms with Gasteiger partial charge in [0.25, 0.3) is 0 Å². The number of amides is 1. The van der Waals surface area contributed by atoms with Crippen LogP contribution in [0.5, 0.6) is 11.5 Å². The first-order valence-corrected chi connectivity index (χ1v) is 10.5. The first-order valence-electron chi connectivity index (χ1n) is 10.5. The molecule has 0 atom stereocenters. The summed E-state index contributed by atoms with van der Waals surface area (Å²) in [5.41, 5.74) is 3.14. The number of imidazole rings is 1. The van der Waals surface area contributed by atoms with Gasteiger partial charge in [-0.2, -0.15) is 0 Å². The largest absolute Gasteiger partial charge is 0.465 e. The Balaban J connectivity index is 1.42. The van der Waals surface area contributed by atoms with Crippen molar-refractivity contribution < 1.29 is 14.6 Å². The number of H-pyrrole nitrogens is 1. The Labute approximate surface area is 176 Å². The standard InChI is InChI=1S/C24H29N3O3/c1-16-25-21-9-8-20(14-22(21)26-16)30-19-6-4-17(5-7-19)15-27(23(28)29)18-10-12-24(2,3)13-11-18/h4-9,14,18H,10-13,15H2,1-3H3,(H,25,26)(H,28,29). The molecule has 1 heterocycles. The molecule has 0 radical (unpaired) electrons. The fourth-order valence-electron chi connectivity index (χ4n) is 4.22. The molecule has 1 saturated carbocycles. The Morgan fingerprint density at radius 1 is 1.17 bits per heavy atom. The number of benzene rings is 2. The number of nitrogens with one attached hydrogen (secondary N) is 1. The highest BCUT2D eigenvalue weighted by Gasteiger charge is 2.32. The van der Waals surface area contributed by atoms with E-state index in [1.807, 2.05) is 49.4 Å². The third-order valence-corrected chi connectivity index (χ3v) is 6.08. The summed E-state index contributed by atoms with van der Waals surface area (Å²) in [6.07, 6.45) is 3.14. The maximum atomic E-state index is 11.9. The first-order chi connectivity index (χ1) is 14.3. The normalized spacial score (nSPS) is 16.5. The van der Waals surface area contributed by atoms with Gasteiger partial charge >= 0.3 is 6.09 Å². The molecule has 1 aliphatic carbocycles. The summed E-state index contributed by atoms with van der Waals surface area (Å²) >= 11 is 0. The summed E-state index contributed by atoms with van der Waals surface area (Å²) in [6.45, 7) is 6.85. The van der Waals surface area contributed by atoms with E-state index in [0.29, 0.717) is 12.0 Å². The van der Waals surface area contributed by atoms with Crippen molar-refractivity contribution in [2.75, 3.05) is 0 Å². The lowest BCUT2D eigenvalue weighted by molar-refractivity contribution is 0.0852. The summed E-state index contributed by atoms with van der Waals surface area (Å²) in [5.74, 6) is 2.32. The first kappa shape index (κ1) is 20.3. The average Bonchev–Trinajstić information content (AvgIpc) is 3.07. The van der Waals surface area contributed by atoms with E-state index < -0.39 is 6.09 Å². The molecule has 1 amide bonds. The highest BCUT2D eigenvalue weighted by atomic mass is 16.5. The van der Waals surface area contributed by atoms with E-state index >= 15 is 0 Å². The molecule has 0 spiro atoms. The van der Waals surface area contributed by atoms with Gasteiger partial charge in [0.05, 0.1) is 11.0 Å². The zero-order valence-corrected chi connectivity index (χ0v) is 17.8. The molecule has 4 rings (SSSR count). The highest BCUT2D eigenvalue weighted by Crippen LogP contribution is 2.37. The van der Waals surface area contributed by atoms with Crippen LogP contribution in [-0.2, 0) is 6.54 Å². The predicted molar refractivity (Wildman–Crippen MR) is 117 cm³/mol. The number of rotatable bonds is 5. The van der Waals surface area contributed by atoms with Crippen molar-refractivity contribution in [3.8, 4) is 11.5 Å². The lowest BCUT2D eigenvalue weighted by Gasteiger charge is -2.39. The van der Waals surface area contributed by atoms with Gasteiger partial charge in [-0.25, -0.2) is 9.78 Å². The molecular weight excluding hydrogens is 378 g/mol. The van der Waals surface area contributed by atoms with Crippen LogP contribution in [0.2, 0.25) is 0 Å². The smallest absolute Gasteiger partial charge is 0.407 e. The van der Waals surface area contributed by atoms with Crippen LogP contribution >= 0.6 is 0 Å². The van der Waals surface area contributed by atoms with E-state index in [2.05, 4.69) is 23.8 Å². The monoisotopic (exact) mass is 407 g/mol. The third-order valence-electron chi connectivity index (χ3n) is 6.08. The second-order valence-corrected chi connectivity index (χ2v) is 9.05. The molecule has 0 aliphatic heterocycles. The van der Waals surface area contributed by atoms with Crippen LogP contribution in [0.1, 0.15) is 50.9 Å². The molecule has 6 heteroatoms. The third kappa shape index (κ3) is 4.58. The molecule has 0 saturated heterocycles. The molecular formula is C24H29N3O3. The van der Waals surface area contributed by atoms with Crippen molar-refractivity contribution in [1.82, 2.24) is 14.9 Å². The Hall–Kier alpha value is -3.02. The summed E-state index contributed by atoms with van der Waals surface area (Å²) in [6, 6.07) is 13.5. The Morgan fingerprint density at radius 3 is 2.50 bits per heavy atom. The van der Waals surface area contributed by atoms with Crippen molar-refractivity contribution >= 4 is 17.1 Å². The van der Waals surface area contributed by atoms with Gasteiger partial charge in [-0.15, -0.1) is 0 Å². The fourth-order valence-corrected chi connectivity index (χ4v) is 4.22. The highest BCUT2D eigenvalue weighted by molar-refractivity contribution is 5.76. The van der Waals surface area contributed by atoms with Crippen LogP contribution < -0.4 is 4.74 Å². The number of nitrogens with zero attached hydrogens (tertiary/aromatic N) is 2. The predicted octanol–water partition coefficient (Wildman–Crippen LogP) is 6.11. The Kier molecular flexibility index (Phi) is 5.41. The quantitative estimate of drug-likeness (QED) is 0.535. The minimum atomic E-state index is -0.844. The molecule has 1 aromatic heterocycles. The zero-order chi connectivity index (χ0) is 21.3. The fraction of sp³-hybridized carbons (Fsp3) is 0.417. The van der Waals surface area contributed by atoms with E-state index in [0.717, 1.165) is 59.6 Å². The van der Waals surface area contributed by atoms with E-state index in [1.165, 1.54) is 0 Å². The van der Waals surface area contributed by atoms with Crippen LogP contribution in [-0.4, -0.2) is 32.1 Å². The summed E-state index contributed by atoms with van der Waals surface area (Å²) in [4.78, 5) is 21.1. The van der Waals surface area contributed by atoms with Gasteiger partial charge in [-0.05, 0) is 67.9 Å². The van der Waals surface area contributed by atoms with E-state index in [4.69, 9.17) is 4.74 Å². The number of carboxylic acid groups (broad SMARTS) is 1. The van der Waals surface area contributed by atoms with Crippen molar-refractivity contribution in [2.24, 2.45) is 5.41 Å². The van der Waals surface area contributed by atoms with E-state index in [9.17, 15) is 9.90 Å². The molecule has 158 valence electrons. The van der Waals surface area contributed by atoms with Gasteiger partial charge in [-0.3, -0.25) is 0 Å². The minimum absolute atomic E-state index is 0.0936. The topological polar surface area (TPSA) is 78.4 Å². The second-order valence-electron chi connectivity index (χ2n) is 9.05. The van der Waals surface area contributed by atoms with Gasteiger partial charge in [0.1, 0.15) is 17.3 Å². The zero-order valence-electron chi connectivity index (χ0n) is 17.8. The number of hydrogen-bond acceptors (Lipinski definition) is 3. The Morgan fingerprint density at radius 2 is 1.83 bits per heavy atom. The van der Waals surface area contributed by atoms with Crippen molar-refractivity contribution in [3.05, 3.63) is 53.9 Å². The van der Waals surface area contributed by atoms with Gasteiger partial charge in [0.2, 0.25) is 0 Å². The van der Waals surface area contributed by atoms with Crippen molar-refractivity contribution in [2.45, 2.75) is 59.0 Å². The number of aromatic nitrogens is 2. The number of carbonyl (C=O) groups is 1. The number of hydrogen-bond donors (Lipinski definition) is 2.